The number of rotatable bonds is 6. The van der Waals surface area contributed by atoms with Gasteiger partial charge < -0.3 is 10.0 Å². The molecule has 1 aliphatic heterocycles. The van der Waals surface area contributed by atoms with Crippen LogP contribution in [0.1, 0.15) is 69.8 Å². The lowest BCUT2D eigenvalue weighted by molar-refractivity contribution is 0.0689. The second-order valence-corrected chi connectivity index (χ2v) is 7.13. The van der Waals surface area contributed by atoms with Crippen molar-refractivity contribution in [3.63, 3.8) is 0 Å². The zero-order valence-corrected chi connectivity index (χ0v) is 15.0. The number of piperidine rings is 1. The molecule has 134 valence electrons. The summed E-state index contributed by atoms with van der Waals surface area (Å²) in [6.45, 7) is 8.23. The molecular weight excluding hydrogens is 306 g/mol. The van der Waals surface area contributed by atoms with Gasteiger partial charge in [-0.05, 0) is 36.7 Å². The van der Waals surface area contributed by atoms with E-state index in [-0.39, 0.29) is 11.7 Å². The fourth-order valence-electron chi connectivity index (χ4n) is 3.40. The summed E-state index contributed by atoms with van der Waals surface area (Å²) in [7, 11) is 0. The Balaban J connectivity index is 1.94. The number of carbonyl (C=O) groups excluding carboxylic acids is 1. The molecule has 0 radical (unpaired) electrons. The van der Waals surface area contributed by atoms with Gasteiger partial charge in [-0.2, -0.15) is 9.78 Å². The van der Waals surface area contributed by atoms with E-state index in [4.69, 9.17) is 5.11 Å². The third-order valence-electron chi connectivity index (χ3n) is 5.71. The standard InChI is InChI=1S/C18H29N3O3/c1-4-14(3)6-8-18(5-2)9-12-20(13-10-18)17(24)21-11-7-15(19-21)16(22)23/h7,11,14H,4-6,8-10,12-13H2,1-3H3,(H,22,23). The van der Waals surface area contributed by atoms with E-state index in [1.165, 1.54) is 31.5 Å². The second kappa shape index (κ2) is 7.81. The summed E-state index contributed by atoms with van der Waals surface area (Å²) in [5.41, 5.74) is 0.244. The quantitative estimate of drug-likeness (QED) is 0.856. The van der Waals surface area contributed by atoms with Crippen molar-refractivity contribution in [3.05, 3.63) is 18.0 Å². The minimum Gasteiger partial charge on any atom is -0.476 e. The van der Waals surface area contributed by atoms with Crippen molar-refractivity contribution in [1.82, 2.24) is 14.7 Å². The molecule has 24 heavy (non-hydrogen) atoms. The van der Waals surface area contributed by atoms with E-state index < -0.39 is 5.97 Å². The maximum Gasteiger partial charge on any atom is 0.356 e. The fraction of sp³-hybridized carbons (Fsp3) is 0.722. The molecule has 1 atom stereocenters. The summed E-state index contributed by atoms with van der Waals surface area (Å²) in [4.78, 5) is 25.2. The van der Waals surface area contributed by atoms with Gasteiger partial charge in [0, 0.05) is 19.3 Å². The molecule has 1 saturated heterocycles. The third kappa shape index (κ3) is 4.16. The molecule has 6 heteroatoms. The molecule has 2 rings (SSSR count). The fourth-order valence-corrected chi connectivity index (χ4v) is 3.40. The monoisotopic (exact) mass is 335 g/mol. The molecule has 2 heterocycles. The Morgan fingerprint density at radius 3 is 2.50 bits per heavy atom. The predicted octanol–water partition coefficient (Wildman–Crippen LogP) is 3.87. The topological polar surface area (TPSA) is 75.4 Å². The van der Waals surface area contributed by atoms with Crippen molar-refractivity contribution in [2.75, 3.05) is 13.1 Å². The molecule has 1 fully saturated rings. The first-order valence-electron chi connectivity index (χ1n) is 8.99. The summed E-state index contributed by atoms with van der Waals surface area (Å²) >= 11 is 0. The van der Waals surface area contributed by atoms with E-state index in [9.17, 15) is 9.59 Å². The first-order valence-corrected chi connectivity index (χ1v) is 8.99. The number of hydrogen-bond acceptors (Lipinski definition) is 3. The number of aromatic nitrogens is 2. The van der Waals surface area contributed by atoms with Gasteiger partial charge in [0.2, 0.25) is 0 Å². The van der Waals surface area contributed by atoms with Gasteiger partial charge in [-0.1, -0.05) is 40.0 Å². The van der Waals surface area contributed by atoms with E-state index in [0.29, 0.717) is 5.41 Å². The molecule has 0 aliphatic carbocycles. The minimum atomic E-state index is -1.12. The van der Waals surface area contributed by atoms with Crippen LogP contribution in [0.3, 0.4) is 0 Å². The molecule has 6 nitrogen and oxygen atoms in total. The number of amides is 1. The van der Waals surface area contributed by atoms with Crippen LogP contribution in [0.5, 0.6) is 0 Å². The first kappa shape index (κ1) is 18.5. The number of hydrogen-bond donors (Lipinski definition) is 1. The number of nitrogens with zero attached hydrogens (tertiary/aromatic N) is 3. The first-order chi connectivity index (χ1) is 11.4. The molecular formula is C18H29N3O3. The molecule has 0 saturated carbocycles. The van der Waals surface area contributed by atoms with E-state index >= 15 is 0 Å². The third-order valence-corrected chi connectivity index (χ3v) is 5.71. The summed E-state index contributed by atoms with van der Waals surface area (Å²) in [5, 5.41) is 12.8. The van der Waals surface area contributed by atoms with Crippen molar-refractivity contribution >= 4 is 12.0 Å². The Labute approximate surface area is 143 Å². The molecule has 1 N–H and O–H groups in total. The van der Waals surface area contributed by atoms with Crippen molar-refractivity contribution in [3.8, 4) is 0 Å². The van der Waals surface area contributed by atoms with Gasteiger partial charge in [-0.25, -0.2) is 9.59 Å². The lowest BCUT2D eigenvalue weighted by atomic mass is 9.71. The number of carbonyl (C=O) groups is 2. The van der Waals surface area contributed by atoms with E-state index in [1.807, 2.05) is 0 Å². The Kier molecular flexibility index (Phi) is 6.02. The highest BCUT2D eigenvalue weighted by Gasteiger charge is 2.34. The van der Waals surface area contributed by atoms with Gasteiger partial charge >= 0.3 is 12.0 Å². The van der Waals surface area contributed by atoms with E-state index in [2.05, 4.69) is 25.9 Å². The van der Waals surface area contributed by atoms with Crippen LogP contribution in [-0.2, 0) is 0 Å². The van der Waals surface area contributed by atoms with Gasteiger partial charge in [-0.15, -0.1) is 0 Å². The van der Waals surface area contributed by atoms with Gasteiger partial charge in [0.1, 0.15) is 0 Å². The molecule has 0 spiro atoms. The SMILES string of the molecule is CCC(C)CCC1(CC)CCN(C(=O)n2ccc(C(=O)O)n2)CC1. The van der Waals surface area contributed by atoms with Crippen LogP contribution in [0.25, 0.3) is 0 Å². The Morgan fingerprint density at radius 2 is 2.00 bits per heavy atom. The summed E-state index contributed by atoms with van der Waals surface area (Å²) in [6.07, 6.45) is 8.30. The highest BCUT2D eigenvalue weighted by atomic mass is 16.4. The van der Waals surface area contributed by atoms with Crippen LogP contribution >= 0.6 is 0 Å². The number of carboxylic acids is 1. The van der Waals surface area contributed by atoms with Crippen LogP contribution in [-0.4, -0.2) is 44.9 Å². The molecule has 1 unspecified atom stereocenters. The molecule has 1 aromatic rings. The van der Waals surface area contributed by atoms with Crippen LogP contribution in [0.2, 0.25) is 0 Å². The zero-order valence-electron chi connectivity index (χ0n) is 15.0. The average Bonchev–Trinajstić information content (AvgIpc) is 3.10. The summed E-state index contributed by atoms with van der Waals surface area (Å²) in [6, 6.07) is 1.13. The molecule has 1 aliphatic rings. The molecule has 0 aromatic carbocycles. The predicted molar refractivity (Wildman–Crippen MR) is 92.2 cm³/mol. The number of carboxylic acid groups (broad SMARTS) is 1. The second-order valence-electron chi connectivity index (χ2n) is 7.13. The Hall–Kier alpha value is -1.85. The van der Waals surface area contributed by atoms with Gasteiger partial charge in [0.05, 0.1) is 0 Å². The maximum absolute atomic E-state index is 12.5. The highest BCUT2D eigenvalue weighted by molar-refractivity contribution is 5.86. The largest absolute Gasteiger partial charge is 0.476 e. The maximum atomic E-state index is 12.5. The highest BCUT2D eigenvalue weighted by Crippen LogP contribution is 2.40. The summed E-state index contributed by atoms with van der Waals surface area (Å²) in [5.74, 6) is -0.359. The normalized spacial score (nSPS) is 18.4. The zero-order chi connectivity index (χ0) is 17.7. The average molecular weight is 335 g/mol. The van der Waals surface area contributed by atoms with E-state index in [0.717, 1.165) is 43.0 Å². The molecule has 0 bridgehead atoms. The van der Waals surface area contributed by atoms with Crippen LogP contribution in [0, 0.1) is 11.3 Å². The smallest absolute Gasteiger partial charge is 0.356 e. The van der Waals surface area contributed by atoms with Crippen LogP contribution in [0.15, 0.2) is 12.3 Å². The Morgan fingerprint density at radius 1 is 1.33 bits per heavy atom. The van der Waals surface area contributed by atoms with Crippen LogP contribution < -0.4 is 0 Å². The number of likely N-dealkylation sites (tertiary alicyclic amines) is 1. The van der Waals surface area contributed by atoms with Crippen molar-refractivity contribution < 1.29 is 14.7 Å². The van der Waals surface area contributed by atoms with Crippen molar-refractivity contribution in [2.24, 2.45) is 11.3 Å². The van der Waals surface area contributed by atoms with Crippen molar-refractivity contribution in [1.29, 1.82) is 0 Å². The number of aromatic carboxylic acids is 1. The lowest BCUT2D eigenvalue weighted by Gasteiger charge is -2.41. The van der Waals surface area contributed by atoms with E-state index in [1.54, 1.807) is 4.90 Å². The van der Waals surface area contributed by atoms with Gasteiger partial charge in [-0.3, -0.25) is 0 Å². The van der Waals surface area contributed by atoms with Gasteiger partial charge in [0.25, 0.3) is 0 Å². The molecule has 1 amide bonds. The van der Waals surface area contributed by atoms with Gasteiger partial charge in [0.15, 0.2) is 5.69 Å². The van der Waals surface area contributed by atoms with Crippen molar-refractivity contribution in [2.45, 2.75) is 59.3 Å². The van der Waals surface area contributed by atoms with Crippen LogP contribution in [0.4, 0.5) is 4.79 Å². The summed E-state index contributed by atoms with van der Waals surface area (Å²) < 4.78 is 1.14. The molecule has 1 aromatic heterocycles. The Bertz CT molecular complexity index is 574. The minimum absolute atomic E-state index is 0.100. The lowest BCUT2D eigenvalue weighted by Crippen LogP contribution is -2.45.